The Morgan fingerprint density at radius 1 is 1.14 bits per heavy atom. The standard InChI is InChI=1S/C33H46ClN3O3SSi/c1-21-15-24(19-37(21)31(38)40-32(2,3)4)36-14-10-11-22-16-23(34)17-27(29(22)36)26-12-13-35-28-18-25(41-30(26)28)20-39-42(8,9)33(5,6)7/h12-13,16-18,21,24H,10-11,14-15,19-20H2,1-9H3. The molecule has 2 unspecified atom stereocenters. The van der Waals surface area contributed by atoms with Crippen LogP contribution in [-0.2, 0) is 22.2 Å². The molecule has 2 aliphatic rings. The molecular weight excluding hydrogens is 582 g/mol. The highest BCUT2D eigenvalue weighted by Crippen LogP contribution is 2.46. The number of aryl methyl sites for hydroxylation is 1. The van der Waals surface area contributed by atoms with E-state index in [1.165, 1.54) is 16.1 Å². The van der Waals surface area contributed by atoms with Gasteiger partial charge in [-0.25, -0.2) is 4.79 Å². The fourth-order valence-corrected chi connectivity index (χ4v) is 8.20. The van der Waals surface area contributed by atoms with Crippen LogP contribution >= 0.6 is 22.9 Å². The number of aromatic nitrogens is 1. The van der Waals surface area contributed by atoms with E-state index in [9.17, 15) is 4.79 Å². The first-order valence-corrected chi connectivity index (χ1v) is 19.2. The van der Waals surface area contributed by atoms with Crippen LogP contribution in [0.15, 0.2) is 30.5 Å². The average Bonchev–Trinajstić information content (AvgIpc) is 3.48. The van der Waals surface area contributed by atoms with E-state index in [0.29, 0.717) is 13.2 Å². The predicted molar refractivity (Wildman–Crippen MR) is 179 cm³/mol. The van der Waals surface area contributed by atoms with E-state index in [0.717, 1.165) is 52.2 Å². The van der Waals surface area contributed by atoms with Crippen molar-refractivity contribution < 1.29 is 14.0 Å². The van der Waals surface area contributed by atoms with Crippen LogP contribution in [0, 0.1) is 0 Å². The maximum atomic E-state index is 13.1. The molecule has 1 amide bonds. The monoisotopic (exact) mass is 627 g/mol. The van der Waals surface area contributed by atoms with E-state index >= 15 is 0 Å². The quantitative estimate of drug-likeness (QED) is 0.264. The number of carbonyl (C=O) groups is 1. The summed E-state index contributed by atoms with van der Waals surface area (Å²) in [7, 11) is -1.87. The van der Waals surface area contributed by atoms with Gasteiger partial charge in [0.15, 0.2) is 8.32 Å². The van der Waals surface area contributed by atoms with Gasteiger partial charge < -0.3 is 19.0 Å². The molecule has 1 fully saturated rings. The van der Waals surface area contributed by atoms with Gasteiger partial charge in [0.05, 0.1) is 16.8 Å². The van der Waals surface area contributed by atoms with Crippen LogP contribution in [0.25, 0.3) is 21.3 Å². The molecule has 1 saturated heterocycles. The summed E-state index contributed by atoms with van der Waals surface area (Å²) in [4.78, 5) is 23.4. The molecule has 0 spiro atoms. The molecule has 5 rings (SSSR count). The molecule has 6 nitrogen and oxygen atoms in total. The Morgan fingerprint density at radius 3 is 2.57 bits per heavy atom. The van der Waals surface area contributed by atoms with Crippen molar-refractivity contribution in [2.75, 3.05) is 18.0 Å². The van der Waals surface area contributed by atoms with Crippen molar-refractivity contribution >= 4 is 53.3 Å². The molecule has 3 aromatic rings. The normalized spacial score (nSPS) is 19.9. The minimum absolute atomic E-state index is 0.111. The molecule has 0 aliphatic carbocycles. The Balaban J connectivity index is 1.50. The summed E-state index contributed by atoms with van der Waals surface area (Å²) in [6, 6.07) is 8.87. The smallest absolute Gasteiger partial charge is 0.410 e. The summed E-state index contributed by atoms with van der Waals surface area (Å²) in [5.41, 5.74) is 5.30. The number of hydrogen-bond donors (Lipinski definition) is 0. The van der Waals surface area contributed by atoms with Gasteiger partial charge in [0.2, 0.25) is 0 Å². The third-order valence-electron chi connectivity index (χ3n) is 9.04. The number of halogens is 1. The van der Waals surface area contributed by atoms with E-state index in [1.807, 2.05) is 31.9 Å². The zero-order valence-corrected chi connectivity index (χ0v) is 29.2. The van der Waals surface area contributed by atoms with E-state index in [2.05, 4.69) is 70.0 Å². The predicted octanol–water partition coefficient (Wildman–Crippen LogP) is 9.29. The van der Waals surface area contributed by atoms with Crippen molar-refractivity contribution in [2.24, 2.45) is 0 Å². The van der Waals surface area contributed by atoms with Crippen molar-refractivity contribution in [2.45, 2.75) is 110 Å². The summed E-state index contributed by atoms with van der Waals surface area (Å²) < 4.78 is 13.5. The molecular formula is C33H46ClN3O3SSi. The van der Waals surface area contributed by atoms with Crippen molar-refractivity contribution in [3.63, 3.8) is 0 Å². The lowest BCUT2D eigenvalue weighted by molar-refractivity contribution is 0.0237. The Bertz CT molecular complexity index is 1480. The topological polar surface area (TPSA) is 54.9 Å². The van der Waals surface area contributed by atoms with Gasteiger partial charge in [0.1, 0.15) is 5.60 Å². The Labute approximate surface area is 261 Å². The van der Waals surface area contributed by atoms with E-state index in [4.69, 9.17) is 25.7 Å². The first kappa shape index (κ1) is 31.3. The summed E-state index contributed by atoms with van der Waals surface area (Å²) >= 11 is 8.55. The van der Waals surface area contributed by atoms with Crippen LogP contribution in [-0.4, -0.2) is 55.1 Å². The zero-order valence-electron chi connectivity index (χ0n) is 26.6. The third-order valence-corrected chi connectivity index (χ3v) is 14.9. The second-order valence-electron chi connectivity index (χ2n) is 14.5. The second-order valence-corrected chi connectivity index (χ2v) is 20.8. The number of likely N-dealkylation sites (tertiary alicyclic amines) is 1. The van der Waals surface area contributed by atoms with Crippen molar-refractivity contribution in [3.05, 3.63) is 45.9 Å². The van der Waals surface area contributed by atoms with Gasteiger partial charge in [-0.15, -0.1) is 11.3 Å². The van der Waals surface area contributed by atoms with Crippen molar-refractivity contribution in [1.82, 2.24) is 9.88 Å². The number of thiophene rings is 1. The molecule has 0 radical (unpaired) electrons. The number of hydrogen-bond acceptors (Lipinski definition) is 6. The van der Waals surface area contributed by atoms with E-state index < -0.39 is 13.9 Å². The minimum Gasteiger partial charge on any atom is -0.444 e. The number of ether oxygens (including phenoxy) is 1. The van der Waals surface area contributed by atoms with E-state index in [-0.39, 0.29) is 23.2 Å². The van der Waals surface area contributed by atoms with Gasteiger partial charge in [0, 0.05) is 58.1 Å². The molecule has 9 heteroatoms. The van der Waals surface area contributed by atoms with Gasteiger partial charge in [-0.05, 0) is 94.9 Å². The van der Waals surface area contributed by atoms with Crippen LogP contribution in [0.5, 0.6) is 0 Å². The molecule has 0 saturated carbocycles. The number of carbonyl (C=O) groups excluding carboxylic acids is 1. The van der Waals surface area contributed by atoms with Gasteiger partial charge in [-0.1, -0.05) is 32.4 Å². The summed E-state index contributed by atoms with van der Waals surface area (Å²) in [5, 5.41) is 0.913. The van der Waals surface area contributed by atoms with Gasteiger partial charge in [-0.2, -0.15) is 0 Å². The van der Waals surface area contributed by atoms with Gasteiger partial charge in [-0.3, -0.25) is 4.98 Å². The molecule has 42 heavy (non-hydrogen) atoms. The van der Waals surface area contributed by atoms with Crippen molar-refractivity contribution in [1.29, 1.82) is 0 Å². The summed E-state index contributed by atoms with van der Waals surface area (Å²) in [6.07, 6.45) is 4.63. The number of nitrogens with zero attached hydrogens (tertiary/aromatic N) is 3. The van der Waals surface area contributed by atoms with Crippen LogP contribution in [0.4, 0.5) is 10.5 Å². The molecule has 228 valence electrons. The molecule has 2 aromatic heterocycles. The molecule has 2 atom stereocenters. The maximum absolute atomic E-state index is 13.1. The number of anilines is 1. The third kappa shape index (κ3) is 6.37. The van der Waals surface area contributed by atoms with Gasteiger partial charge >= 0.3 is 6.09 Å². The van der Waals surface area contributed by atoms with Crippen LogP contribution in [0.1, 0.15) is 71.7 Å². The number of fused-ring (bicyclic) bond motifs is 2. The Hall–Kier alpha value is -2.13. The fraction of sp³-hybridized carbons (Fsp3) is 0.576. The molecule has 4 heterocycles. The summed E-state index contributed by atoms with van der Waals surface area (Å²) in [5.74, 6) is 0. The Kier molecular flexibility index (Phi) is 8.51. The molecule has 0 N–H and O–H groups in total. The molecule has 2 aliphatic heterocycles. The van der Waals surface area contributed by atoms with Crippen molar-refractivity contribution in [3.8, 4) is 11.1 Å². The second kappa shape index (κ2) is 11.4. The number of rotatable bonds is 5. The lowest BCUT2D eigenvalue weighted by Gasteiger charge is -2.38. The fourth-order valence-electron chi connectivity index (χ4n) is 5.85. The minimum atomic E-state index is -1.87. The maximum Gasteiger partial charge on any atom is 0.410 e. The first-order valence-electron chi connectivity index (χ1n) is 15.1. The highest BCUT2D eigenvalue weighted by Gasteiger charge is 2.40. The lowest BCUT2D eigenvalue weighted by Crippen LogP contribution is -2.43. The number of benzene rings is 1. The number of amides is 1. The molecule has 1 aromatic carbocycles. The lowest BCUT2D eigenvalue weighted by atomic mass is 9.92. The first-order chi connectivity index (χ1) is 19.5. The van der Waals surface area contributed by atoms with Crippen LogP contribution < -0.4 is 4.90 Å². The highest BCUT2D eigenvalue weighted by molar-refractivity contribution is 7.19. The van der Waals surface area contributed by atoms with Gasteiger partial charge in [0.25, 0.3) is 0 Å². The van der Waals surface area contributed by atoms with Crippen LogP contribution in [0.3, 0.4) is 0 Å². The van der Waals surface area contributed by atoms with Crippen LogP contribution in [0.2, 0.25) is 23.2 Å². The average molecular weight is 628 g/mol. The number of pyridine rings is 1. The zero-order chi connectivity index (χ0) is 30.6. The molecule has 0 bridgehead atoms. The Morgan fingerprint density at radius 2 is 1.88 bits per heavy atom. The largest absolute Gasteiger partial charge is 0.444 e. The van der Waals surface area contributed by atoms with E-state index in [1.54, 1.807) is 11.3 Å². The highest BCUT2D eigenvalue weighted by atomic mass is 35.5. The summed E-state index contributed by atoms with van der Waals surface area (Å²) in [6.45, 7) is 21.5. The SMILES string of the molecule is CC1CC(N2CCCc3cc(Cl)cc(-c4ccnc5cc(CO[Si](C)(C)C(C)(C)C)sc45)c32)CN1C(=O)OC(C)(C)C.